The highest BCUT2D eigenvalue weighted by molar-refractivity contribution is 5.89. The third-order valence-electron chi connectivity index (χ3n) is 1.06. The van der Waals surface area contributed by atoms with Gasteiger partial charge in [-0.15, -0.1) is 5.10 Å². The number of rotatable bonds is 1. The molecule has 1 N–H and O–H groups in total. The number of carbonyl (C=O) groups is 1. The second kappa shape index (κ2) is 2.75. The molecule has 54 valence electrons. The smallest absolute Gasteiger partial charge is 0.338 e. The fourth-order valence-corrected chi connectivity index (χ4v) is 0.587. The Morgan fingerprint density at radius 2 is 2.45 bits per heavy atom. The van der Waals surface area contributed by atoms with Crippen molar-refractivity contribution in [2.45, 2.75) is 0 Å². The van der Waals surface area contributed by atoms with E-state index >= 15 is 0 Å². The Morgan fingerprint density at radius 3 is 2.91 bits per heavy atom. The third kappa shape index (κ3) is 1.30. The minimum Gasteiger partial charge on any atom is -0.478 e. The molecule has 0 aliphatic heterocycles. The highest BCUT2D eigenvalue weighted by atomic mass is 16.4. The van der Waals surface area contributed by atoms with E-state index < -0.39 is 5.97 Å². The number of carboxylic acid groups (broad SMARTS) is 1. The van der Waals surface area contributed by atoms with Crippen molar-refractivity contribution in [1.82, 2.24) is 10.2 Å². The summed E-state index contributed by atoms with van der Waals surface area (Å²) < 4.78 is 0. The molecule has 0 bridgehead atoms. The van der Waals surface area contributed by atoms with Crippen molar-refractivity contribution < 1.29 is 9.90 Å². The van der Waals surface area contributed by atoms with Crippen LogP contribution in [-0.2, 0) is 0 Å². The normalized spacial score (nSPS) is 8.64. The number of carboxylic acids is 1. The van der Waals surface area contributed by atoms with Crippen molar-refractivity contribution in [1.29, 1.82) is 5.26 Å². The van der Waals surface area contributed by atoms with E-state index in [9.17, 15) is 4.79 Å². The van der Waals surface area contributed by atoms with E-state index in [2.05, 4.69) is 10.2 Å². The van der Waals surface area contributed by atoms with Gasteiger partial charge in [-0.05, 0) is 6.07 Å². The molecule has 0 fully saturated rings. The van der Waals surface area contributed by atoms with Crippen LogP contribution in [0.15, 0.2) is 12.3 Å². The van der Waals surface area contributed by atoms with Crippen molar-refractivity contribution in [3.05, 3.63) is 23.5 Å². The second-order valence-electron chi connectivity index (χ2n) is 1.71. The molecular weight excluding hydrogens is 146 g/mol. The van der Waals surface area contributed by atoms with Crippen molar-refractivity contribution in [3.8, 4) is 6.07 Å². The molecule has 0 aromatic carbocycles. The van der Waals surface area contributed by atoms with E-state index in [1.807, 2.05) is 0 Å². The fourth-order valence-electron chi connectivity index (χ4n) is 0.587. The summed E-state index contributed by atoms with van der Waals surface area (Å²) in [5.41, 5.74) is -0.289. The van der Waals surface area contributed by atoms with Gasteiger partial charge in [0.15, 0.2) is 5.69 Å². The molecule has 0 amide bonds. The molecule has 1 aromatic heterocycles. The van der Waals surface area contributed by atoms with Crippen molar-refractivity contribution in [2.75, 3.05) is 0 Å². The van der Waals surface area contributed by atoms with Crippen LogP contribution < -0.4 is 0 Å². The number of nitriles is 1. The lowest BCUT2D eigenvalue weighted by molar-refractivity contribution is 0.0696. The monoisotopic (exact) mass is 149 g/mol. The number of aromatic carboxylic acids is 1. The predicted molar refractivity (Wildman–Crippen MR) is 33.7 cm³/mol. The Morgan fingerprint density at radius 1 is 1.73 bits per heavy atom. The van der Waals surface area contributed by atoms with Gasteiger partial charge in [0, 0.05) is 0 Å². The van der Waals surface area contributed by atoms with Gasteiger partial charge < -0.3 is 5.11 Å². The first-order valence-electron chi connectivity index (χ1n) is 2.71. The number of hydrogen-bond acceptors (Lipinski definition) is 4. The summed E-state index contributed by atoms with van der Waals surface area (Å²) >= 11 is 0. The summed E-state index contributed by atoms with van der Waals surface area (Å²) in [6.07, 6.45) is 1.23. The SMILES string of the molecule is N#Cc1nnccc1C(=O)O. The van der Waals surface area contributed by atoms with E-state index in [0.717, 1.165) is 0 Å². The van der Waals surface area contributed by atoms with Crippen molar-refractivity contribution >= 4 is 5.97 Å². The summed E-state index contributed by atoms with van der Waals surface area (Å²) in [6.45, 7) is 0. The third-order valence-corrected chi connectivity index (χ3v) is 1.06. The molecular formula is C6H3N3O2. The maximum Gasteiger partial charge on any atom is 0.338 e. The summed E-state index contributed by atoms with van der Waals surface area (Å²) in [5.74, 6) is -1.17. The maximum atomic E-state index is 10.4. The topological polar surface area (TPSA) is 86.9 Å². The van der Waals surface area contributed by atoms with Crippen LogP contribution in [-0.4, -0.2) is 21.3 Å². The minimum absolute atomic E-state index is 0.123. The molecule has 0 aliphatic rings. The number of nitrogens with zero attached hydrogens (tertiary/aromatic N) is 3. The van der Waals surface area contributed by atoms with Gasteiger partial charge in [-0.2, -0.15) is 10.4 Å². The Labute approximate surface area is 61.9 Å². The lowest BCUT2D eigenvalue weighted by Crippen LogP contribution is -2.02. The first-order chi connectivity index (χ1) is 5.25. The average Bonchev–Trinajstić information content (AvgIpc) is 2.04. The largest absolute Gasteiger partial charge is 0.478 e. The van der Waals surface area contributed by atoms with Crippen LogP contribution in [0.3, 0.4) is 0 Å². The van der Waals surface area contributed by atoms with Gasteiger partial charge in [0.05, 0.1) is 11.8 Å². The van der Waals surface area contributed by atoms with Crippen LogP contribution in [0.4, 0.5) is 0 Å². The molecule has 0 saturated carbocycles. The van der Waals surface area contributed by atoms with E-state index in [-0.39, 0.29) is 11.3 Å². The number of hydrogen-bond donors (Lipinski definition) is 1. The number of aromatic nitrogens is 2. The van der Waals surface area contributed by atoms with Crippen LogP contribution in [0.25, 0.3) is 0 Å². The minimum atomic E-state index is -1.17. The summed E-state index contributed by atoms with van der Waals surface area (Å²) in [5, 5.41) is 23.5. The van der Waals surface area contributed by atoms with Gasteiger partial charge >= 0.3 is 5.97 Å². The van der Waals surface area contributed by atoms with Gasteiger partial charge in [-0.1, -0.05) is 0 Å². The van der Waals surface area contributed by atoms with Crippen LogP contribution in [0.5, 0.6) is 0 Å². The van der Waals surface area contributed by atoms with Crippen molar-refractivity contribution in [2.24, 2.45) is 0 Å². The van der Waals surface area contributed by atoms with E-state index in [0.29, 0.717) is 0 Å². The zero-order valence-electron chi connectivity index (χ0n) is 5.35. The molecule has 0 aliphatic carbocycles. The molecule has 1 rings (SSSR count). The van der Waals surface area contributed by atoms with E-state index in [1.54, 1.807) is 6.07 Å². The molecule has 5 heteroatoms. The molecule has 1 heterocycles. The van der Waals surface area contributed by atoms with Crippen LogP contribution in [0, 0.1) is 11.3 Å². The fraction of sp³-hybridized carbons (Fsp3) is 0. The van der Waals surface area contributed by atoms with E-state index in [4.69, 9.17) is 10.4 Å². The first-order valence-corrected chi connectivity index (χ1v) is 2.71. The van der Waals surface area contributed by atoms with Gasteiger partial charge in [-0.3, -0.25) is 0 Å². The molecule has 0 atom stereocenters. The maximum absolute atomic E-state index is 10.4. The quantitative estimate of drug-likeness (QED) is 0.609. The summed E-state index contributed by atoms with van der Waals surface area (Å²) in [4.78, 5) is 10.4. The Hall–Kier alpha value is -1.96. The Balaban J connectivity index is 3.26. The second-order valence-corrected chi connectivity index (χ2v) is 1.71. The van der Waals surface area contributed by atoms with Crippen LogP contribution in [0.1, 0.15) is 16.1 Å². The zero-order valence-corrected chi connectivity index (χ0v) is 5.35. The molecule has 0 saturated heterocycles. The van der Waals surface area contributed by atoms with Crippen molar-refractivity contribution in [3.63, 3.8) is 0 Å². The lowest BCUT2D eigenvalue weighted by atomic mass is 10.2. The average molecular weight is 149 g/mol. The van der Waals surface area contributed by atoms with Gasteiger partial charge in [0.2, 0.25) is 0 Å². The van der Waals surface area contributed by atoms with Gasteiger partial charge in [-0.25, -0.2) is 4.79 Å². The predicted octanol–water partition coefficient (Wildman–Crippen LogP) is 0.0465. The highest BCUT2D eigenvalue weighted by Gasteiger charge is 2.09. The van der Waals surface area contributed by atoms with Crippen LogP contribution >= 0.6 is 0 Å². The molecule has 11 heavy (non-hydrogen) atoms. The molecule has 1 aromatic rings. The first kappa shape index (κ1) is 7.15. The van der Waals surface area contributed by atoms with Crippen LogP contribution in [0.2, 0.25) is 0 Å². The van der Waals surface area contributed by atoms with Gasteiger partial charge in [0.25, 0.3) is 0 Å². The Bertz CT molecular complexity index is 329. The molecule has 0 radical (unpaired) electrons. The standard InChI is InChI=1S/C6H3N3O2/c7-3-5-4(6(10)11)1-2-8-9-5/h1-2H,(H,10,11). The zero-order chi connectivity index (χ0) is 8.27. The lowest BCUT2D eigenvalue weighted by Gasteiger charge is -1.91. The Kier molecular flexibility index (Phi) is 1.79. The van der Waals surface area contributed by atoms with Gasteiger partial charge in [0.1, 0.15) is 6.07 Å². The van der Waals surface area contributed by atoms with E-state index in [1.165, 1.54) is 12.3 Å². The molecule has 0 spiro atoms. The summed E-state index contributed by atoms with van der Waals surface area (Å²) in [6, 6.07) is 2.85. The molecule has 0 unspecified atom stereocenters. The highest BCUT2D eigenvalue weighted by Crippen LogP contribution is 2.00. The summed E-state index contributed by atoms with van der Waals surface area (Å²) in [7, 11) is 0. The molecule has 5 nitrogen and oxygen atoms in total.